The number of hydrogen-bond acceptors (Lipinski definition) is 3. The topological polar surface area (TPSA) is 49.7 Å². The molecule has 3 heteroatoms. The van der Waals surface area contributed by atoms with Gasteiger partial charge in [-0.1, -0.05) is 32.4 Å². The molecule has 4 rings (SSSR count). The fourth-order valence-electron chi connectivity index (χ4n) is 8.86. The van der Waals surface area contributed by atoms with E-state index in [0.29, 0.717) is 17.9 Å². The molecular formula is C28H48O3. The third kappa shape index (κ3) is 4.17. The van der Waals surface area contributed by atoms with Gasteiger partial charge in [-0.05, 0) is 118 Å². The minimum atomic E-state index is -0.662. The first-order valence-electron chi connectivity index (χ1n) is 13.1. The Morgan fingerprint density at radius 3 is 2.55 bits per heavy atom. The van der Waals surface area contributed by atoms with Crippen LogP contribution < -0.4 is 0 Å². The summed E-state index contributed by atoms with van der Waals surface area (Å²) >= 11 is 0. The summed E-state index contributed by atoms with van der Waals surface area (Å²) in [6.45, 7) is 12.0. The van der Waals surface area contributed by atoms with Crippen molar-refractivity contribution in [3.05, 3.63) is 11.6 Å². The Kier molecular flexibility index (Phi) is 6.24. The normalized spacial score (nSPS) is 46.0. The lowest BCUT2D eigenvalue weighted by molar-refractivity contribution is -0.0934. The first kappa shape index (κ1) is 23.8. The second-order valence-corrected chi connectivity index (χ2v) is 13.2. The van der Waals surface area contributed by atoms with Gasteiger partial charge in [0, 0.05) is 7.11 Å². The maximum absolute atomic E-state index is 11.0. The molecule has 3 saturated carbocycles. The van der Waals surface area contributed by atoms with Gasteiger partial charge in [0.15, 0.2) is 0 Å². The average molecular weight is 433 g/mol. The second-order valence-electron chi connectivity index (χ2n) is 13.2. The molecule has 0 saturated heterocycles. The molecule has 0 aromatic heterocycles. The van der Waals surface area contributed by atoms with Crippen molar-refractivity contribution in [3.8, 4) is 0 Å². The summed E-state index contributed by atoms with van der Waals surface area (Å²) in [4.78, 5) is 0. The van der Waals surface area contributed by atoms with Crippen molar-refractivity contribution >= 4 is 0 Å². The Hall–Kier alpha value is -0.380. The second kappa shape index (κ2) is 8.13. The van der Waals surface area contributed by atoms with Crippen LogP contribution in [0.2, 0.25) is 0 Å². The van der Waals surface area contributed by atoms with E-state index in [1.54, 1.807) is 7.11 Å². The zero-order valence-electron chi connectivity index (χ0n) is 21.0. The van der Waals surface area contributed by atoms with E-state index < -0.39 is 11.2 Å². The predicted molar refractivity (Wildman–Crippen MR) is 127 cm³/mol. The van der Waals surface area contributed by atoms with Crippen LogP contribution in [-0.2, 0) is 4.74 Å². The summed E-state index contributed by atoms with van der Waals surface area (Å²) in [5.74, 6) is 3.94. The molecule has 0 radical (unpaired) electrons. The highest BCUT2D eigenvalue weighted by atomic mass is 16.5. The minimum absolute atomic E-state index is 0.273. The number of methoxy groups -OCH3 is 1. The fourth-order valence-corrected chi connectivity index (χ4v) is 8.86. The molecule has 3 nitrogen and oxygen atoms in total. The van der Waals surface area contributed by atoms with Gasteiger partial charge >= 0.3 is 0 Å². The highest BCUT2D eigenvalue weighted by molar-refractivity contribution is 5.27. The Balaban J connectivity index is 1.51. The zero-order valence-corrected chi connectivity index (χ0v) is 21.0. The molecule has 0 aliphatic heterocycles. The van der Waals surface area contributed by atoms with Gasteiger partial charge in [0.05, 0.1) is 17.8 Å². The van der Waals surface area contributed by atoms with E-state index in [0.717, 1.165) is 55.8 Å². The van der Waals surface area contributed by atoms with Crippen molar-refractivity contribution < 1.29 is 14.9 Å². The molecule has 0 aromatic carbocycles. The Morgan fingerprint density at radius 2 is 1.87 bits per heavy atom. The van der Waals surface area contributed by atoms with Crippen molar-refractivity contribution in [3.63, 3.8) is 0 Å². The molecule has 0 spiro atoms. The van der Waals surface area contributed by atoms with Crippen molar-refractivity contribution in [2.45, 2.75) is 110 Å². The van der Waals surface area contributed by atoms with Crippen LogP contribution in [0.5, 0.6) is 0 Å². The molecule has 8 atom stereocenters. The van der Waals surface area contributed by atoms with Crippen molar-refractivity contribution in [2.24, 2.45) is 40.4 Å². The molecule has 0 bridgehead atoms. The SMILES string of the molecule is COC[C@]1(O)CC[C@@]2(C)C(=CCC3C2CC[C@@]2(C)C3CC[C@@H]2C(C)CCC(C)(C)O)C1. The summed E-state index contributed by atoms with van der Waals surface area (Å²) in [5, 5.41) is 21.3. The maximum atomic E-state index is 11.0. The first-order valence-corrected chi connectivity index (χ1v) is 13.1. The summed E-state index contributed by atoms with van der Waals surface area (Å²) in [7, 11) is 1.71. The van der Waals surface area contributed by atoms with Gasteiger partial charge in [-0.3, -0.25) is 0 Å². The Bertz CT molecular complexity index is 693. The van der Waals surface area contributed by atoms with Gasteiger partial charge in [0.1, 0.15) is 0 Å². The summed E-state index contributed by atoms with van der Waals surface area (Å²) in [6.07, 6.45) is 14.1. The summed E-state index contributed by atoms with van der Waals surface area (Å²) < 4.78 is 5.36. The van der Waals surface area contributed by atoms with Crippen molar-refractivity contribution in [1.29, 1.82) is 0 Å². The Labute approximate surface area is 191 Å². The molecule has 178 valence electrons. The standard InChI is InChI=1S/C28H48O3/c1-19(11-13-25(2,3)29)22-9-10-23-21-8-7-20-17-28(30,18-31-6)16-15-26(20,4)24(21)12-14-27(22,23)5/h7,19,21-24,29-30H,8-18H2,1-6H3/t19?,21?,22-,23?,24?,26+,27-,28+/m1/s1. The molecule has 0 amide bonds. The molecule has 0 heterocycles. The lowest BCUT2D eigenvalue weighted by Gasteiger charge is -2.59. The largest absolute Gasteiger partial charge is 0.390 e. The summed E-state index contributed by atoms with van der Waals surface area (Å²) in [5.41, 5.74) is 1.05. The smallest absolute Gasteiger partial charge is 0.0917 e. The number of fused-ring (bicyclic) bond motifs is 5. The molecular weight excluding hydrogens is 384 g/mol. The predicted octanol–water partition coefficient (Wildman–Crippen LogP) is 6.13. The number of hydrogen-bond donors (Lipinski definition) is 2. The van der Waals surface area contributed by atoms with Crippen LogP contribution >= 0.6 is 0 Å². The average Bonchev–Trinajstić information content (AvgIpc) is 3.04. The highest BCUT2D eigenvalue weighted by Gasteiger charge is 2.59. The lowest BCUT2D eigenvalue weighted by atomic mass is 9.46. The molecule has 3 fully saturated rings. The van der Waals surface area contributed by atoms with Crippen molar-refractivity contribution in [1.82, 2.24) is 0 Å². The Morgan fingerprint density at radius 1 is 1.13 bits per heavy atom. The summed E-state index contributed by atoms with van der Waals surface area (Å²) in [6, 6.07) is 0. The molecule has 0 aromatic rings. The van der Waals surface area contributed by atoms with E-state index in [9.17, 15) is 10.2 Å². The third-order valence-corrected chi connectivity index (χ3v) is 10.6. The lowest BCUT2D eigenvalue weighted by Crippen LogP contribution is -2.53. The van der Waals surface area contributed by atoms with E-state index in [4.69, 9.17) is 4.74 Å². The van der Waals surface area contributed by atoms with E-state index in [1.165, 1.54) is 37.7 Å². The van der Waals surface area contributed by atoms with Crippen LogP contribution in [0.1, 0.15) is 98.8 Å². The van der Waals surface area contributed by atoms with Gasteiger partial charge in [0.2, 0.25) is 0 Å². The van der Waals surface area contributed by atoms with Gasteiger partial charge in [-0.15, -0.1) is 0 Å². The first-order chi connectivity index (χ1) is 14.4. The van der Waals surface area contributed by atoms with E-state index in [-0.39, 0.29) is 5.41 Å². The van der Waals surface area contributed by atoms with Gasteiger partial charge < -0.3 is 14.9 Å². The fraction of sp³-hybridized carbons (Fsp3) is 0.929. The third-order valence-electron chi connectivity index (χ3n) is 10.6. The van der Waals surface area contributed by atoms with Crippen LogP contribution in [0.3, 0.4) is 0 Å². The highest BCUT2D eigenvalue weighted by Crippen LogP contribution is 2.67. The number of aliphatic hydroxyl groups is 2. The molecule has 31 heavy (non-hydrogen) atoms. The van der Waals surface area contributed by atoms with Gasteiger partial charge in [-0.2, -0.15) is 0 Å². The van der Waals surface area contributed by atoms with Gasteiger partial charge in [-0.25, -0.2) is 0 Å². The molecule has 4 unspecified atom stereocenters. The maximum Gasteiger partial charge on any atom is 0.0917 e. The zero-order chi connectivity index (χ0) is 22.7. The monoisotopic (exact) mass is 432 g/mol. The van der Waals surface area contributed by atoms with Crippen LogP contribution in [-0.4, -0.2) is 35.1 Å². The molecule has 2 N–H and O–H groups in total. The minimum Gasteiger partial charge on any atom is -0.390 e. The van der Waals surface area contributed by atoms with Gasteiger partial charge in [0.25, 0.3) is 0 Å². The molecule has 4 aliphatic rings. The number of rotatable bonds is 6. The quantitative estimate of drug-likeness (QED) is 0.496. The number of allylic oxidation sites excluding steroid dienone is 1. The van der Waals surface area contributed by atoms with Crippen LogP contribution in [0.4, 0.5) is 0 Å². The van der Waals surface area contributed by atoms with E-state index >= 15 is 0 Å². The van der Waals surface area contributed by atoms with Crippen LogP contribution in [0, 0.1) is 40.4 Å². The van der Waals surface area contributed by atoms with E-state index in [1.807, 2.05) is 13.8 Å². The molecule has 4 aliphatic carbocycles. The van der Waals surface area contributed by atoms with Crippen LogP contribution in [0.15, 0.2) is 11.6 Å². The van der Waals surface area contributed by atoms with E-state index in [2.05, 4.69) is 26.8 Å². The van der Waals surface area contributed by atoms with Crippen LogP contribution in [0.25, 0.3) is 0 Å². The van der Waals surface area contributed by atoms with Crippen molar-refractivity contribution in [2.75, 3.05) is 13.7 Å². The number of ether oxygens (including phenoxy) is 1.